The molecule has 2 unspecified atom stereocenters. The van der Waals surface area contributed by atoms with Crippen molar-refractivity contribution in [1.29, 1.82) is 0 Å². The van der Waals surface area contributed by atoms with E-state index < -0.39 is 24.0 Å². The fourth-order valence-corrected chi connectivity index (χ4v) is 2.34. The largest absolute Gasteiger partial charge is 0.374 e. The number of rotatable bonds is 2. The van der Waals surface area contributed by atoms with Gasteiger partial charge >= 0.3 is 5.97 Å². The Morgan fingerprint density at radius 2 is 1.94 bits per heavy atom. The van der Waals surface area contributed by atoms with Crippen LogP contribution < -0.4 is 10.8 Å². The number of hydroxylamine groups is 1. The van der Waals surface area contributed by atoms with Crippen LogP contribution in [0.4, 0.5) is 0 Å². The van der Waals surface area contributed by atoms with Gasteiger partial charge in [0.2, 0.25) is 5.91 Å². The van der Waals surface area contributed by atoms with E-state index in [0.717, 1.165) is 25.7 Å². The predicted octanol–water partition coefficient (Wildman–Crippen LogP) is -0.179. The van der Waals surface area contributed by atoms with E-state index in [0.29, 0.717) is 0 Å². The summed E-state index contributed by atoms with van der Waals surface area (Å²) in [5, 5.41) is 12.2. The summed E-state index contributed by atoms with van der Waals surface area (Å²) in [7, 11) is 0. The van der Waals surface area contributed by atoms with Crippen molar-refractivity contribution in [1.82, 2.24) is 10.8 Å². The highest BCUT2D eigenvalue weighted by molar-refractivity contribution is 5.99. The molecule has 2 atom stereocenters. The highest BCUT2D eigenvalue weighted by Crippen LogP contribution is 2.18. The first-order valence-corrected chi connectivity index (χ1v) is 6.13. The van der Waals surface area contributed by atoms with Gasteiger partial charge in [-0.15, -0.1) is 5.48 Å². The van der Waals surface area contributed by atoms with Crippen LogP contribution in [0.5, 0.6) is 0 Å². The van der Waals surface area contributed by atoms with Gasteiger partial charge in [0.25, 0.3) is 0 Å². The zero-order valence-corrected chi connectivity index (χ0v) is 9.65. The molecule has 0 aromatic rings. The zero-order valence-electron chi connectivity index (χ0n) is 9.65. The third kappa shape index (κ3) is 2.95. The smallest absolute Gasteiger partial charge is 0.341 e. The van der Waals surface area contributed by atoms with Crippen molar-refractivity contribution in [3.63, 3.8) is 0 Å². The minimum Gasteiger partial charge on any atom is -0.374 e. The first-order valence-electron chi connectivity index (χ1n) is 6.13. The second-order valence-corrected chi connectivity index (χ2v) is 4.66. The van der Waals surface area contributed by atoms with E-state index >= 15 is 0 Å². The van der Waals surface area contributed by atoms with Crippen LogP contribution in [0.1, 0.15) is 38.5 Å². The summed E-state index contributed by atoms with van der Waals surface area (Å²) in [5.41, 5.74) is 2.09. The molecular weight excluding hydrogens is 224 g/mol. The fourth-order valence-electron chi connectivity index (χ4n) is 2.34. The summed E-state index contributed by atoms with van der Waals surface area (Å²) < 4.78 is 0. The van der Waals surface area contributed by atoms with Gasteiger partial charge in [0, 0.05) is 6.04 Å². The molecule has 6 heteroatoms. The molecule has 1 saturated heterocycles. The van der Waals surface area contributed by atoms with Gasteiger partial charge in [-0.25, -0.2) is 4.79 Å². The highest BCUT2D eigenvalue weighted by Gasteiger charge is 2.42. The maximum absolute atomic E-state index is 11.8. The molecule has 6 nitrogen and oxygen atoms in total. The third-order valence-corrected chi connectivity index (χ3v) is 3.33. The van der Waals surface area contributed by atoms with E-state index in [1.165, 1.54) is 12.8 Å². The predicted molar refractivity (Wildman–Crippen MR) is 58.4 cm³/mol. The topological polar surface area (TPSA) is 87.7 Å². The Morgan fingerprint density at radius 1 is 1.29 bits per heavy atom. The van der Waals surface area contributed by atoms with E-state index in [-0.39, 0.29) is 6.04 Å². The average molecular weight is 242 g/mol. The van der Waals surface area contributed by atoms with Gasteiger partial charge < -0.3 is 15.3 Å². The van der Waals surface area contributed by atoms with Crippen molar-refractivity contribution < 1.29 is 19.5 Å². The van der Waals surface area contributed by atoms with E-state index in [2.05, 4.69) is 15.6 Å². The van der Waals surface area contributed by atoms with Gasteiger partial charge in [-0.3, -0.25) is 4.79 Å². The summed E-state index contributed by atoms with van der Waals surface area (Å²) in [6.07, 6.45) is 5.23. The molecule has 1 saturated carbocycles. The van der Waals surface area contributed by atoms with Crippen LogP contribution in [0, 0.1) is 5.92 Å². The number of aliphatic hydroxyl groups excluding tert-OH is 1. The maximum Gasteiger partial charge on any atom is 0.341 e. The third-order valence-electron chi connectivity index (χ3n) is 3.33. The van der Waals surface area contributed by atoms with Crippen molar-refractivity contribution in [2.24, 2.45) is 5.92 Å². The molecule has 1 amide bonds. The van der Waals surface area contributed by atoms with Gasteiger partial charge in [0.1, 0.15) is 0 Å². The Kier molecular flexibility index (Phi) is 3.96. The molecule has 96 valence electrons. The molecule has 1 aliphatic carbocycles. The second-order valence-electron chi connectivity index (χ2n) is 4.66. The Labute approximate surface area is 99.7 Å². The Balaban J connectivity index is 1.89. The first kappa shape index (κ1) is 12.3. The molecule has 17 heavy (non-hydrogen) atoms. The van der Waals surface area contributed by atoms with Gasteiger partial charge in [0.15, 0.2) is 12.1 Å². The van der Waals surface area contributed by atoms with Crippen LogP contribution in [0.2, 0.25) is 0 Å². The van der Waals surface area contributed by atoms with Gasteiger partial charge in [-0.2, -0.15) is 0 Å². The SMILES string of the molecule is O=C(NC1CCCCCC1)C1C(=O)ONC1O. The number of aliphatic hydroxyl groups is 1. The van der Waals surface area contributed by atoms with Crippen LogP contribution in [0.15, 0.2) is 0 Å². The van der Waals surface area contributed by atoms with Crippen LogP contribution in [0.25, 0.3) is 0 Å². The quantitative estimate of drug-likeness (QED) is 0.462. The lowest BCUT2D eigenvalue weighted by atomic mass is 10.1. The van der Waals surface area contributed by atoms with Crippen molar-refractivity contribution in [3.05, 3.63) is 0 Å². The maximum atomic E-state index is 11.8. The van der Waals surface area contributed by atoms with Crippen LogP contribution >= 0.6 is 0 Å². The minimum atomic E-state index is -1.24. The Hall–Kier alpha value is -1.14. The molecule has 0 spiro atoms. The van der Waals surface area contributed by atoms with Gasteiger partial charge in [0.05, 0.1) is 0 Å². The number of hydrogen-bond acceptors (Lipinski definition) is 5. The van der Waals surface area contributed by atoms with Crippen molar-refractivity contribution >= 4 is 11.9 Å². The standard InChI is InChI=1S/C11H18N2O4/c14-9(8-10(15)13-17-11(8)16)12-7-5-3-1-2-4-6-7/h7-8,10,13,15H,1-6H2,(H,12,14). The Bertz CT molecular complexity index is 300. The molecule has 1 heterocycles. The average Bonchev–Trinajstić information content (AvgIpc) is 2.53. The normalized spacial score (nSPS) is 30.8. The number of amides is 1. The number of nitrogens with one attached hydrogen (secondary N) is 2. The van der Waals surface area contributed by atoms with E-state index in [1.807, 2.05) is 0 Å². The molecular formula is C11H18N2O4. The summed E-state index contributed by atoms with van der Waals surface area (Å²) >= 11 is 0. The molecule has 0 bridgehead atoms. The molecule has 2 rings (SSSR count). The van der Waals surface area contributed by atoms with Crippen molar-refractivity contribution in [2.75, 3.05) is 0 Å². The van der Waals surface area contributed by atoms with Crippen LogP contribution in [0.3, 0.4) is 0 Å². The number of carbonyl (C=O) groups is 2. The first-order chi connectivity index (χ1) is 8.18. The van der Waals surface area contributed by atoms with Crippen LogP contribution in [-0.4, -0.2) is 29.3 Å². The molecule has 1 aliphatic heterocycles. The molecule has 2 aliphatic rings. The second kappa shape index (κ2) is 5.46. The highest BCUT2D eigenvalue weighted by atomic mass is 16.7. The van der Waals surface area contributed by atoms with E-state index in [1.54, 1.807) is 0 Å². The molecule has 3 N–H and O–H groups in total. The molecule has 0 radical (unpaired) electrons. The molecule has 2 fully saturated rings. The Morgan fingerprint density at radius 3 is 2.47 bits per heavy atom. The zero-order chi connectivity index (χ0) is 12.3. The lowest BCUT2D eigenvalue weighted by Crippen LogP contribution is -2.44. The van der Waals surface area contributed by atoms with Crippen molar-refractivity contribution in [3.8, 4) is 0 Å². The van der Waals surface area contributed by atoms with Crippen LogP contribution in [-0.2, 0) is 14.4 Å². The summed E-state index contributed by atoms with van der Waals surface area (Å²) in [6.45, 7) is 0. The molecule has 0 aromatic heterocycles. The summed E-state index contributed by atoms with van der Waals surface area (Å²) in [4.78, 5) is 27.5. The van der Waals surface area contributed by atoms with Gasteiger partial charge in [-0.1, -0.05) is 25.7 Å². The number of hydrogen-bond donors (Lipinski definition) is 3. The van der Waals surface area contributed by atoms with E-state index in [4.69, 9.17) is 0 Å². The number of carbonyl (C=O) groups excluding carboxylic acids is 2. The minimum absolute atomic E-state index is 0.116. The summed E-state index contributed by atoms with van der Waals surface area (Å²) in [6, 6.07) is 0.116. The van der Waals surface area contributed by atoms with Crippen molar-refractivity contribution in [2.45, 2.75) is 50.8 Å². The van der Waals surface area contributed by atoms with Gasteiger partial charge in [-0.05, 0) is 12.8 Å². The molecule has 0 aromatic carbocycles. The van der Waals surface area contributed by atoms with E-state index in [9.17, 15) is 14.7 Å². The summed E-state index contributed by atoms with van der Waals surface area (Å²) in [5.74, 6) is -2.30. The monoisotopic (exact) mass is 242 g/mol. The fraction of sp³-hybridized carbons (Fsp3) is 0.818. The lowest BCUT2D eigenvalue weighted by Gasteiger charge is -2.18. The lowest BCUT2D eigenvalue weighted by molar-refractivity contribution is -0.148.